The van der Waals surface area contributed by atoms with Gasteiger partial charge in [-0.25, -0.2) is 4.79 Å². The molecule has 2 amide bonds. The van der Waals surface area contributed by atoms with Gasteiger partial charge in [-0.05, 0) is 45.4 Å². The Morgan fingerprint density at radius 3 is 2.26 bits per heavy atom. The molecule has 0 aliphatic rings. The van der Waals surface area contributed by atoms with Crippen LogP contribution in [0.5, 0.6) is 0 Å². The molecular formula is C14H21ClN4O3S. The molecule has 0 aliphatic heterocycles. The molecule has 3 N–H and O–H groups in total. The number of nitrogens with one attached hydrogen (secondary N) is 3. The van der Waals surface area contributed by atoms with Gasteiger partial charge in [0.1, 0.15) is 0 Å². The van der Waals surface area contributed by atoms with E-state index in [1.807, 2.05) is 14.1 Å². The SMILES string of the molecule is CCOC(=O)NC(=S)Nc1ccccc1NC(=O)CN(C)C.Cl. The van der Waals surface area contributed by atoms with Gasteiger partial charge in [0, 0.05) is 0 Å². The van der Waals surface area contributed by atoms with Crippen molar-refractivity contribution >= 4 is 53.1 Å². The summed E-state index contributed by atoms with van der Waals surface area (Å²) >= 11 is 5.03. The zero-order chi connectivity index (χ0) is 16.5. The van der Waals surface area contributed by atoms with E-state index >= 15 is 0 Å². The molecule has 0 atom stereocenters. The minimum absolute atomic E-state index is 0. The van der Waals surface area contributed by atoms with Crippen LogP contribution in [0, 0.1) is 0 Å². The van der Waals surface area contributed by atoms with E-state index in [1.165, 1.54) is 0 Å². The summed E-state index contributed by atoms with van der Waals surface area (Å²) in [5, 5.41) is 8.10. The molecule has 0 heterocycles. The Bertz CT molecular complexity index is 555. The Balaban J connectivity index is 0.00000484. The minimum atomic E-state index is -0.630. The number of rotatable bonds is 5. The first kappa shape index (κ1) is 21.1. The summed E-state index contributed by atoms with van der Waals surface area (Å²) < 4.78 is 4.74. The van der Waals surface area contributed by atoms with Crippen LogP contribution in [-0.2, 0) is 9.53 Å². The van der Waals surface area contributed by atoms with Crippen molar-refractivity contribution in [3.8, 4) is 0 Å². The smallest absolute Gasteiger partial charge is 0.413 e. The summed E-state index contributed by atoms with van der Waals surface area (Å²) in [6.45, 7) is 2.22. The quantitative estimate of drug-likeness (QED) is 0.697. The molecule has 9 heteroatoms. The second-order valence-corrected chi connectivity index (χ2v) is 5.04. The average Bonchev–Trinajstić information content (AvgIpc) is 2.40. The van der Waals surface area contributed by atoms with Crippen molar-refractivity contribution in [2.75, 3.05) is 37.9 Å². The zero-order valence-electron chi connectivity index (χ0n) is 13.2. The first-order chi connectivity index (χ1) is 10.4. The summed E-state index contributed by atoms with van der Waals surface area (Å²) in [7, 11) is 3.62. The van der Waals surface area contributed by atoms with E-state index in [1.54, 1.807) is 36.1 Å². The summed E-state index contributed by atoms with van der Waals surface area (Å²) in [5.74, 6) is -0.150. The average molecular weight is 361 g/mol. The monoisotopic (exact) mass is 360 g/mol. The summed E-state index contributed by atoms with van der Waals surface area (Å²) in [5.41, 5.74) is 1.15. The van der Waals surface area contributed by atoms with E-state index in [4.69, 9.17) is 17.0 Å². The third kappa shape index (κ3) is 8.34. The lowest BCUT2D eigenvalue weighted by atomic mass is 10.2. The molecule has 0 fully saturated rings. The van der Waals surface area contributed by atoms with Crippen molar-refractivity contribution in [2.24, 2.45) is 0 Å². The molecule has 7 nitrogen and oxygen atoms in total. The van der Waals surface area contributed by atoms with Crippen LogP contribution in [0.2, 0.25) is 0 Å². The first-order valence-corrected chi connectivity index (χ1v) is 7.11. The number of anilines is 2. The maximum atomic E-state index is 11.8. The van der Waals surface area contributed by atoms with Gasteiger partial charge < -0.3 is 20.3 Å². The van der Waals surface area contributed by atoms with Gasteiger partial charge in [0.15, 0.2) is 5.11 Å². The number of hydrogen-bond acceptors (Lipinski definition) is 5. The fourth-order valence-electron chi connectivity index (χ4n) is 1.59. The molecule has 0 saturated heterocycles. The van der Waals surface area contributed by atoms with Gasteiger partial charge in [0.2, 0.25) is 5.91 Å². The molecular weight excluding hydrogens is 340 g/mol. The standard InChI is InChI=1S/C14H20N4O3S.ClH/c1-4-21-14(20)17-13(22)16-11-8-6-5-7-10(11)15-12(19)9-18(2)3;/h5-8H,4,9H2,1-3H3,(H,15,19)(H2,16,17,20,22);1H. The van der Waals surface area contributed by atoms with Gasteiger partial charge in [-0.3, -0.25) is 10.1 Å². The van der Waals surface area contributed by atoms with E-state index in [9.17, 15) is 9.59 Å². The van der Waals surface area contributed by atoms with Crippen molar-refractivity contribution < 1.29 is 14.3 Å². The Hall–Kier alpha value is -1.90. The molecule has 0 unspecified atom stereocenters. The van der Waals surface area contributed by atoms with Gasteiger partial charge in [-0.2, -0.15) is 0 Å². The number of hydrogen-bond donors (Lipinski definition) is 3. The number of benzene rings is 1. The molecule has 1 aromatic carbocycles. The molecule has 1 aromatic rings. The Morgan fingerprint density at radius 1 is 1.17 bits per heavy atom. The molecule has 128 valence electrons. The fourth-order valence-corrected chi connectivity index (χ4v) is 1.78. The number of carbonyl (C=O) groups is 2. The van der Waals surface area contributed by atoms with Gasteiger partial charge >= 0.3 is 6.09 Å². The molecule has 0 aliphatic carbocycles. The van der Waals surface area contributed by atoms with Crippen LogP contribution in [-0.4, -0.2) is 49.3 Å². The number of nitrogens with zero attached hydrogens (tertiary/aromatic N) is 1. The third-order valence-electron chi connectivity index (χ3n) is 2.40. The highest BCUT2D eigenvalue weighted by Crippen LogP contribution is 2.20. The Morgan fingerprint density at radius 2 is 1.74 bits per heavy atom. The lowest BCUT2D eigenvalue weighted by Crippen LogP contribution is -2.35. The molecule has 23 heavy (non-hydrogen) atoms. The number of carbonyl (C=O) groups excluding carboxylic acids is 2. The maximum Gasteiger partial charge on any atom is 0.413 e. The molecule has 0 bridgehead atoms. The normalized spacial score (nSPS) is 9.57. The number of likely N-dealkylation sites (N-methyl/N-ethyl adjacent to an activating group) is 1. The van der Waals surface area contributed by atoms with Crippen molar-refractivity contribution in [1.82, 2.24) is 10.2 Å². The second kappa shape index (κ2) is 10.8. The van der Waals surface area contributed by atoms with Crippen LogP contribution in [0.4, 0.5) is 16.2 Å². The topological polar surface area (TPSA) is 82.7 Å². The Kier molecular flexibility index (Phi) is 9.87. The van der Waals surface area contributed by atoms with E-state index < -0.39 is 6.09 Å². The highest BCUT2D eigenvalue weighted by Gasteiger charge is 2.10. The summed E-state index contributed by atoms with van der Waals surface area (Å²) in [6, 6.07) is 7.06. The molecule has 1 rings (SSSR count). The van der Waals surface area contributed by atoms with Crippen molar-refractivity contribution in [1.29, 1.82) is 0 Å². The lowest BCUT2D eigenvalue weighted by molar-refractivity contribution is -0.116. The number of alkyl carbamates (subject to hydrolysis) is 1. The van der Waals surface area contributed by atoms with Crippen molar-refractivity contribution in [3.05, 3.63) is 24.3 Å². The number of amides is 2. The van der Waals surface area contributed by atoms with Crippen LogP contribution in [0.25, 0.3) is 0 Å². The van der Waals surface area contributed by atoms with Crippen LogP contribution < -0.4 is 16.0 Å². The van der Waals surface area contributed by atoms with E-state index in [-0.39, 0.29) is 36.6 Å². The summed E-state index contributed by atoms with van der Waals surface area (Å²) in [4.78, 5) is 24.9. The largest absolute Gasteiger partial charge is 0.450 e. The minimum Gasteiger partial charge on any atom is -0.450 e. The number of para-hydroxylation sites is 2. The maximum absolute atomic E-state index is 11.8. The molecule has 0 radical (unpaired) electrons. The summed E-state index contributed by atoms with van der Waals surface area (Å²) in [6.07, 6.45) is -0.630. The second-order valence-electron chi connectivity index (χ2n) is 4.63. The number of ether oxygens (including phenoxy) is 1. The van der Waals surface area contributed by atoms with E-state index in [0.29, 0.717) is 11.4 Å². The van der Waals surface area contributed by atoms with Gasteiger partial charge in [0.05, 0.1) is 24.5 Å². The van der Waals surface area contributed by atoms with Gasteiger partial charge in [-0.1, -0.05) is 12.1 Å². The van der Waals surface area contributed by atoms with Crippen molar-refractivity contribution in [3.63, 3.8) is 0 Å². The zero-order valence-corrected chi connectivity index (χ0v) is 14.8. The third-order valence-corrected chi connectivity index (χ3v) is 2.60. The van der Waals surface area contributed by atoms with Crippen LogP contribution >= 0.6 is 24.6 Å². The first-order valence-electron chi connectivity index (χ1n) is 6.70. The molecule has 0 spiro atoms. The predicted molar refractivity (Wildman–Crippen MR) is 97.3 cm³/mol. The van der Waals surface area contributed by atoms with Crippen molar-refractivity contribution in [2.45, 2.75) is 6.92 Å². The fraction of sp³-hybridized carbons (Fsp3) is 0.357. The van der Waals surface area contributed by atoms with Gasteiger partial charge in [-0.15, -0.1) is 12.4 Å². The number of thiocarbonyl (C=S) groups is 1. The molecule has 0 saturated carbocycles. The van der Waals surface area contributed by atoms with Crippen LogP contribution in [0.1, 0.15) is 6.92 Å². The van der Waals surface area contributed by atoms with E-state index in [2.05, 4.69) is 16.0 Å². The number of halogens is 1. The Labute approximate surface area is 147 Å². The van der Waals surface area contributed by atoms with Gasteiger partial charge in [0.25, 0.3) is 0 Å². The van der Waals surface area contributed by atoms with E-state index in [0.717, 1.165) is 0 Å². The lowest BCUT2D eigenvalue weighted by Gasteiger charge is -2.15. The predicted octanol–water partition coefficient (Wildman–Crippen LogP) is 2.05. The molecule has 0 aromatic heterocycles. The van der Waals surface area contributed by atoms with Crippen LogP contribution in [0.15, 0.2) is 24.3 Å². The highest BCUT2D eigenvalue weighted by molar-refractivity contribution is 7.80. The van der Waals surface area contributed by atoms with Crippen LogP contribution in [0.3, 0.4) is 0 Å². The highest BCUT2D eigenvalue weighted by atomic mass is 35.5.